The van der Waals surface area contributed by atoms with Crippen LogP contribution in [0.15, 0.2) is 0 Å². The average Bonchev–Trinajstić information content (AvgIpc) is 3.53. The summed E-state index contributed by atoms with van der Waals surface area (Å²) in [7, 11) is 0. The third kappa shape index (κ3) is 6.42. The fourth-order valence-corrected chi connectivity index (χ4v) is 7.80. The molecular weight excluding hydrogens is 532 g/mol. The van der Waals surface area contributed by atoms with E-state index in [4.69, 9.17) is 14.2 Å². The zero-order valence-electron chi connectivity index (χ0n) is 23.9. The van der Waals surface area contributed by atoms with Crippen LogP contribution in [-0.2, 0) is 28.6 Å². The van der Waals surface area contributed by atoms with Crippen molar-refractivity contribution in [3.63, 3.8) is 0 Å². The fourth-order valence-electron chi connectivity index (χ4n) is 7.80. The number of nitrogens with zero attached hydrogens (tertiary/aromatic N) is 3. The highest BCUT2D eigenvalue weighted by molar-refractivity contribution is 5.83. The predicted octanol–water partition coefficient (Wildman–Crippen LogP) is -0.746. The van der Waals surface area contributed by atoms with E-state index in [-0.39, 0.29) is 61.3 Å². The normalized spacial score (nSPS) is 38.7. The van der Waals surface area contributed by atoms with E-state index >= 15 is 0 Å². The van der Waals surface area contributed by atoms with Gasteiger partial charge < -0.3 is 39.5 Å². The minimum atomic E-state index is -1.24. The highest BCUT2D eigenvalue weighted by atomic mass is 16.5. The van der Waals surface area contributed by atoms with E-state index in [9.17, 15) is 24.6 Å². The van der Waals surface area contributed by atoms with Gasteiger partial charge in [0.05, 0.1) is 31.3 Å². The molecule has 12 nitrogen and oxygen atoms in total. The molecule has 5 saturated heterocycles. The molecule has 0 spiro atoms. The van der Waals surface area contributed by atoms with Crippen molar-refractivity contribution in [3.05, 3.63) is 0 Å². The summed E-state index contributed by atoms with van der Waals surface area (Å²) >= 11 is 0. The minimum absolute atomic E-state index is 0.0601. The molecule has 1 saturated carbocycles. The second-order valence-electron chi connectivity index (χ2n) is 12.8. The smallest absolute Gasteiger partial charge is 0.240 e. The Labute approximate surface area is 241 Å². The van der Waals surface area contributed by atoms with E-state index in [1.807, 2.05) is 4.90 Å². The lowest BCUT2D eigenvalue weighted by Crippen LogP contribution is -2.56. The maximum absolute atomic E-state index is 14.0. The number of fused-ring (bicyclic) bond motifs is 6. The van der Waals surface area contributed by atoms with E-state index in [0.717, 1.165) is 25.7 Å². The van der Waals surface area contributed by atoms with Gasteiger partial charge in [-0.3, -0.25) is 19.3 Å². The first-order valence-corrected chi connectivity index (χ1v) is 15.7. The molecule has 3 amide bonds. The summed E-state index contributed by atoms with van der Waals surface area (Å²) in [4.78, 5) is 46.8. The molecule has 0 radical (unpaired) electrons. The number of hydrogen-bond acceptors (Lipinski definition) is 9. The third-order valence-electron chi connectivity index (χ3n) is 10.0. The van der Waals surface area contributed by atoms with E-state index in [1.165, 1.54) is 6.42 Å². The van der Waals surface area contributed by atoms with Gasteiger partial charge in [0.25, 0.3) is 0 Å². The predicted molar refractivity (Wildman–Crippen MR) is 146 cm³/mol. The van der Waals surface area contributed by atoms with Crippen LogP contribution in [-0.4, -0.2) is 144 Å². The van der Waals surface area contributed by atoms with Crippen molar-refractivity contribution in [1.82, 2.24) is 20.0 Å². The quantitative estimate of drug-likeness (QED) is 0.386. The molecule has 7 atom stereocenters. The Morgan fingerprint density at radius 2 is 1.63 bits per heavy atom. The van der Waals surface area contributed by atoms with Crippen LogP contribution in [0, 0.1) is 5.92 Å². The molecule has 1 aliphatic carbocycles. The Morgan fingerprint density at radius 3 is 2.41 bits per heavy atom. The molecule has 6 bridgehead atoms. The lowest BCUT2D eigenvalue weighted by Gasteiger charge is -2.40. The maximum Gasteiger partial charge on any atom is 0.240 e. The summed E-state index contributed by atoms with van der Waals surface area (Å²) in [5.74, 6) is -0.461. The molecule has 0 unspecified atom stereocenters. The monoisotopic (exact) mass is 578 g/mol. The maximum atomic E-state index is 14.0. The van der Waals surface area contributed by atoms with Gasteiger partial charge in [0.2, 0.25) is 17.7 Å². The first-order valence-electron chi connectivity index (χ1n) is 15.7. The number of aliphatic hydroxyl groups is 2. The van der Waals surface area contributed by atoms with Crippen molar-refractivity contribution in [2.24, 2.45) is 5.92 Å². The summed E-state index contributed by atoms with van der Waals surface area (Å²) in [6.07, 6.45) is 2.75. The Bertz CT molecular complexity index is 957. The van der Waals surface area contributed by atoms with Crippen LogP contribution in [0.3, 0.4) is 0 Å². The van der Waals surface area contributed by atoms with Gasteiger partial charge in [0, 0.05) is 63.9 Å². The van der Waals surface area contributed by atoms with Gasteiger partial charge in [-0.25, -0.2) is 0 Å². The van der Waals surface area contributed by atoms with Gasteiger partial charge in [0.1, 0.15) is 18.3 Å². The average molecular weight is 579 g/mol. The van der Waals surface area contributed by atoms with E-state index in [2.05, 4.69) is 10.2 Å². The van der Waals surface area contributed by atoms with Crippen molar-refractivity contribution in [2.45, 2.75) is 106 Å². The van der Waals surface area contributed by atoms with Gasteiger partial charge in [-0.05, 0) is 32.1 Å². The van der Waals surface area contributed by atoms with Crippen molar-refractivity contribution in [1.29, 1.82) is 0 Å². The molecule has 6 fully saturated rings. The van der Waals surface area contributed by atoms with Gasteiger partial charge in [0.15, 0.2) is 0 Å². The second-order valence-corrected chi connectivity index (χ2v) is 12.8. The van der Waals surface area contributed by atoms with Crippen molar-refractivity contribution in [2.75, 3.05) is 52.5 Å². The summed E-state index contributed by atoms with van der Waals surface area (Å²) in [6, 6.07) is -0.161. The summed E-state index contributed by atoms with van der Waals surface area (Å²) in [6.45, 7) is 3.24. The van der Waals surface area contributed by atoms with Gasteiger partial charge in [-0.1, -0.05) is 19.3 Å². The SMILES string of the molecule is O=C1C[C@@H]2O[C@H](CN(C(=O)C3CCOCC3)C[C@@H]3CN(CCO3)C(=O)[C@@H]3C[C@@H](CN3C3CCCCC3)N1)[C@@H](O)[C@H]2O. The topological polar surface area (TPSA) is 141 Å². The van der Waals surface area contributed by atoms with E-state index in [0.29, 0.717) is 64.8 Å². The van der Waals surface area contributed by atoms with Crippen molar-refractivity contribution in [3.8, 4) is 0 Å². The van der Waals surface area contributed by atoms with Crippen LogP contribution in [0.25, 0.3) is 0 Å². The fraction of sp³-hybridized carbons (Fsp3) is 0.897. The Kier molecular flexibility index (Phi) is 9.14. The lowest BCUT2D eigenvalue weighted by atomic mass is 9.93. The van der Waals surface area contributed by atoms with E-state index in [1.54, 1.807) is 4.90 Å². The largest absolute Gasteiger partial charge is 0.388 e. The highest BCUT2D eigenvalue weighted by Gasteiger charge is 2.47. The number of carbonyl (C=O) groups is 3. The van der Waals surface area contributed by atoms with Crippen LogP contribution in [0.4, 0.5) is 0 Å². The van der Waals surface area contributed by atoms with Crippen LogP contribution in [0.1, 0.15) is 57.8 Å². The summed E-state index contributed by atoms with van der Waals surface area (Å²) < 4.78 is 17.6. The molecule has 5 aliphatic heterocycles. The van der Waals surface area contributed by atoms with Crippen LogP contribution in [0.5, 0.6) is 0 Å². The molecule has 12 heteroatoms. The van der Waals surface area contributed by atoms with Crippen molar-refractivity contribution >= 4 is 17.7 Å². The highest BCUT2D eigenvalue weighted by Crippen LogP contribution is 2.32. The van der Waals surface area contributed by atoms with Crippen LogP contribution in [0.2, 0.25) is 0 Å². The summed E-state index contributed by atoms with van der Waals surface area (Å²) in [5, 5.41) is 24.8. The van der Waals surface area contributed by atoms with Gasteiger partial charge in [-0.2, -0.15) is 0 Å². The molecule has 5 heterocycles. The molecule has 230 valence electrons. The Balaban J connectivity index is 1.26. The standard InChI is InChI=1S/C29H46N4O8/c34-25-13-23-26(35)27(36)24(41-23)17-32(28(37)18-6-9-39-10-7-18)16-21-15-31(8-11-40-21)29(38)22-12-19(30-25)14-33(22)20-4-2-1-3-5-20/h18-24,26-27,35-36H,1-17H2,(H,30,34)/t19-,21-,22-,23-,24+,26-,27+/m0/s1. The zero-order chi connectivity index (χ0) is 28.5. The second kappa shape index (κ2) is 12.8. The van der Waals surface area contributed by atoms with E-state index < -0.39 is 24.4 Å². The number of carbonyl (C=O) groups excluding carboxylic acids is 3. The van der Waals surface area contributed by atoms with Crippen LogP contribution < -0.4 is 5.32 Å². The molecule has 0 aromatic heterocycles. The molecule has 6 aliphatic rings. The van der Waals surface area contributed by atoms with Crippen LogP contribution >= 0.6 is 0 Å². The number of amides is 3. The first kappa shape index (κ1) is 29.3. The molecular formula is C29H46N4O8. The Hall–Kier alpha value is -1.83. The number of nitrogens with one attached hydrogen (secondary N) is 1. The number of hydrogen-bond donors (Lipinski definition) is 3. The number of likely N-dealkylation sites (tertiary alicyclic amines) is 1. The lowest BCUT2D eigenvalue weighted by molar-refractivity contribution is -0.150. The summed E-state index contributed by atoms with van der Waals surface area (Å²) in [5.41, 5.74) is 0. The number of morpholine rings is 1. The number of rotatable bonds is 2. The van der Waals surface area contributed by atoms with Crippen molar-refractivity contribution < 1.29 is 38.8 Å². The van der Waals surface area contributed by atoms with Gasteiger partial charge >= 0.3 is 0 Å². The number of ether oxygens (including phenoxy) is 3. The third-order valence-corrected chi connectivity index (χ3v) is 10.0. The zero-order valence-corrected chi connectivity index (χ0v) is 23.9. The molecule has 41 heavy (non-hydrogen) atoms. The molecule has 0 aromatic rings. The minimum Gasteiger partial charge on any atom is -0.388 e. The molecule has 3 N–H and O–H groups in total. The molecule has 0 aromatic carbocycles. The Morgan fingerprint density at radius 1 is 0.878 bits per heavy atom. The van der Waals surface area contributed by atoms with Gasteiger partial charge in [-0.15, -0.1) is 0 Å². The first-order chi connectivity index (χ1) is 19.9. The number of aliphatic hydroxyl groups excluding tert-OH is 2. The molecule has 6 rings (SSSR count).